The third-order valence-corrected chi connectivity index (χ3v) is 4.85. The highest BCUT2D eigenvalue weighted by Gasteiger charge is 2.10. The molecule has 0 unspecified atom stereocenters. The topological polar surface area (TPSA) is 42.0 Å². The van der Waals surface area contributed by atoms with E-state index in [1.807, 2.05) is 17.5 Å². The van der Waals surface area contributed by atoms with Gasteiger partial charge in [0.15, 0.2) is 0 Å². The van der Waals surface area contributed by atoms with Gasteiger partial charge in [-0.15, -0.1) is 23.1 Å². The van der Waals surface area contributed by atoms with E-state index in [1.165, 1.54) is 6.07 Å². The number of halogens is 2. The standard InChI is InChI=1S/C17H12F2N2OS2/c18-12-3-6-16(15(19)7-12)21-17(22)11-1-4-14(5-2-11)24-9-13-8-23-10-20-13/h1-8,10H,9H2,(H,21,22). The molecule has 3 rings (SSSR count). The zero-order valence-corrected chi connectivity index (χ0v) is 14.0. The van der Waals surface area contributed by atoms with Crippen molar-refractivity contribution < 1.29 is 13.6 Å². The Morgan fingerprint density at radius 1 is 1.17 bits per heavy atom. The number of aromatic nitrogens is 1. The lowest BCUT2D eigenvalue weighted by atomic mass is 10.2. The summed E-state index contributed by atoms with van der Waals surface area (Å²) in [5.74, 6) is -1.18. The van der Waals surface area contributed by atoms with E-state index in [0.717, 1.165) is 28.5 Å². The molecule has 122 valence electrons. The van der Waals surface area contributed by atoms with Gasteiger partial charge in [0.1, 0.15) is 11.6 Å². The molecular weight excluding hydrogens is 350 g/mol. The normalized spacial score (nSPS) is 10.6. The van der Waals surface area contributed by atoms with Gasteiger partial charge in [-0.1, -0.05) is 0 Å². The number of hydrogen-bond acceptors (Lipinski definition) is 4. The number of anilines is 1. The number of thiazole rings is 1. The first-order valence-electron chi connectivity index (χ1n) is 6.98. The lowest BCUT2D eigenvalue weighted by Crippen LogP contribution is -2.12. The molecule has 0 atom stereocenters. The van der Waals surface area contributed by atoms with Crippen LogP contribution in [-0.4, -0.2) is 10.9 Å². The van der Waals surface area contributed by atoms with E-state index >= 15 is 0 Å². The van der Waals surface area contributed by atoms with Gasteiger partial charge in [-0.2, -0.15) is 0 Å². The highest BCUT2D eigenvalue weighted by atomic mass is 32.2. The van der Waals surface area contributed by atoms with Gasteiger partial charge >= 0.3 is 0 Å². The van der Waals surface area contributed by atoms with Crippen molar-refractivity contribution in [2.45, 2.75) is 10.6 Å². The van der Waals surface area contributed by atoms with Crippen LogP contribution in [0.1, 0.15) is 16.1 Å². The first-order chi connectivity index (χ1) is 11.6. The second-order valence-corrected chi connectivity index (χ2v) is 6.64. The molecule has 7 heteroatoms. The minimum absolute atomic E-state index is 0.0524. The number of amides is 1. The monoisotopic (exact) mass is 362 g/mol. The molecular formula is C17H12F2N2OS2. The van der Waals surface area contributed by atoms with Gasteiger partial charge < -0.3 is 5.32 Å². The lowest BCUT2D eigenvalue weighted by molar-refractivity contribution is 0.102. The molecule has 24 heavy (non-hydrogen) atoms. The second kappa shape index (κ2) is 7.55. The summed E-state index contributed by atoms with van der Waals surface area (Å²) in [6.07, 6.45) is 0. The van der Waals surface area contributed by atoms with Gasteiger partial charge in [-0.05, 0) is 36.4 Å². The molecule has 0 spiro atoms. The van der Waals surface area contributed by atoms with Crippen molar-refractivity contribution in [2.75, 3.05) is 5.32 Å². The van der Waals surface area contributed by atoms with Crippen molar-refractivity contribution in [3.05, 3.63) is 76.2 Å². The summed E-state index contributed by atoms with van der Waals surface area (Å²) < 4.78 is 26.4. The molecule has 1 heterocycles. The summed E-state index contributed by atoms with van der Waals surface area (Å²) in [5.41, 5.74) is 3.15. The Labute approximate surface area is 145 Å². The van der Waals surface area contributed by atoms with Crippen LogP contribution in [0.3, 0.4) is 0 Å². The Kier molecular flexibility index (Phi) is 5.22. The number of carbonyl (C=O) groups excluding carboxylic acids is 1. The summed E-state index contributed by atoms with van der Waals surface area (Å²) in [4.78, 5) is 17.3. The average molecular weight is 362 g/mol. The fourth-order valence-corrected chi connectivity index (χ4v) is 3.42. The fraction of sp³-hybridized carbons (Fsp3) is 0.0588. The molecule has 3 aromatic rings. The molecule has 1 amide bonds. The predicted molar refractivity (Wildman–Crippen MR) is 92.4 cm³/mol. The summed E-state index contributed by atoms with van der Waals surface area (Å²) in [7, 11) is 0. The third-order valence-electron chi connectivity index (χ3n) is 3.17. The van der Waals surface area contributed by atoms with Gasteiger partial charge in [0.25, 0.3) is 5.91 Å². The Bertz CT molecular complexity index is 836. The molecule has 3 nitrogen and oxygen atoms in total. The Morgan fingerprint density at radius 3 is 2.62 bits per heavy atom. The van der Waals surface area contributed by atoms with Gasteiger partial charge in [0.2, 0.25) is 0 Å². The minimum Gasteiger partial charge on any atom is -0.319 e. The lowest BCUT2D eigenvalue weighted by Gasteiger charge is -2.07. The molecule has 1 aromatic heterocycles. The quantitative estimate of drug-likeness (QED) is 0.652. The van der Waals surface area contributed by atoms with Gasteiger partial charge in [-0.3, -0.25) is 4.79 Å². The minimum atomic E-state index is -0.807. The number of nitrogens with one attached hydrogen (secondary N) is 1. The molecule has 1 N–H and O–H groups in total. The van der Waals surface area contributed by atoms with Crippen LogP contribution in [0, 0.1) is 11.6 Å². The van der Waals surface area contributed by atoms with Crippen molar-refractivity contribution in [2.24, 2.45) is 0 Å². The van der Waals surface area contributed by atoms with Crippen LogP contribution in [-0.2, 0) is 5.75 Å². The fourth-order valence-electron chi connectivity index (χ4n) is 1.95. The number of nitrogens with zero attached hydrogens (tertiary/aromatic N) is 1. The number of hydrogen-bond donors (Lipinski definition) is 1. The van der Waals surface area contributed by atoms with Crippen molar-refractivity contribution in [1.82, 2.24) is 4.98 Å². The predicted octanol–water partition coefficient (Wildman–Crippen LogP) is 4.97. The maximum atomic E-state index is 13.6. The van der Waals surface area contributed by atoms with Crippen molar-refractivity contribution >= 4 is 34.7 Å². The smallest absolute Gasteiger partial charge is 0.255 e. The number of rotatable bonds is 5. The first kappa shape index (κ1) is 16.6. The largest absolute Gasteiger partial charge is 0.319 e. The summed E-state index contributed by atoms with van der Waals surface area (Å²) >= 11 is 3.17. The highest BCUT2D eigenvalue weighted by Crippen LogP contribution is 2.23. The van der Waals surface area contributed by atoms with E-state index < -0.39 is 17.5 Å². The SMILES string of the molecule is O=C(Nc1ccc(F)cc1F)c1ccc(SCc2cscn2)cc1. The van der Waals surface area contributed by atoms with Crippen LogP contribution in [0.4, 0.5) is 14.5 Å². The zero-order chi connectivity index (χ0) is 16.9. The number of benzene rings is 2. The molecule has 0 fully saturated rings. The maximum Gasteiger partial charge on any atom is 0.255 e. The number of thioether (sulfide) groups is 1. The van der Waals surface area contributed by atoms with E-state index in [1.54, 1.807) is 40.7 Å². The first-order valence-corrected chi connectivity index (χ1v) is 8.91. The Balaban J connectivity index is 1.63. The number of carbonyl (C=O) groups is 1. The van der Waals surface area contributed by atoms with Crippen LogP contribution < -0.4 is 5.32 Å². The van der Waals surface area contributed by atoms with Crippen LogP contribution in [0.5, 0.6) is 0 Å². The van der Waals surface area contributed by atoms with Gasteiger partial charge in [0.05, 0.1) is 16.9 Å². The maximum absolute atomic E-state index is 13.6. The van der Waals surface area contributed by atoms with Crippen LogP contribution in [0.25, 0.3) is 0 Å². The molecule has 0 radical (unpaired) electrons. The summed E-state index contributed by atoms with van der Waals surface area (Å²) in [6, 6.07) is 10.0. The van der Waals surface area contributed by atoms with Crippen LogP contribution in [0.15, 0.2) is 58.3 Å². The van der Waals surface area contributed by atoms with E-state index in [4.69, 9.17) is 0 Å². The molecule has 0 saturated carbocycles. The molecule has 0 aliphatic rings. The van der Waals surface area contributed by atoms with E-state index in [9.17, 15) is 13.6 Å². The molecule has 0 bridgehead atoms. The van der Waals surface area contributed by atoms with Crippen LogP contribution >= 0.6 is 23.1 Å². The highest BCUT2D eigenvalue weighted by molar-refractivity contribution is 7.98. The van der Waals surface area contributed by atoms with Crippen molar-refractivity contribution in [3.63, 3.8) is 0 Å². The second-order valence-electron chi connectivity index (χ2n) is 4.87. The van der Waals surface area contributed by atoms with Gasteiger partial charge in [-0.25, -0.2) is 13.8 Å². The summed E-state index contributed by atoms with van der Waals surface area (Å²) in [6.45, 7) is 0. The zero-order valence-electron chi connectivity index (χ0n) is 12.3. The Morgan fingerprint density at radius 2 is 1.96 bits per heavy atom. The molecule has 0 aliphatic heterocycles. The van der Waals surface area contributed by atoms with Crippen molar-refractivity contribution in [3.8, 4) is 0 Å². The van der Waals surface area contributed by atoms with E-state index in [0.29, 0.717) is 5.56 Å². The summed E-state index contributed by atoms with van der Waals surface area (Å²) in [5, 5.41) is 4.42. The van der Waals surface area contributed by atoms with Crippen molar-refractivity contribution in [1.29, 1.82) is 0 Å². The third kappa shape index (κ3) is 4.18. The van der Waals surface area contributed by atoms with E-state index in [2.05, 4.69) is 10.3 Å². The van der Waals surface area contributed by atoms with Crippen LogP contribution in [0.2, 0.25) is 0 Å². The molecule has 0 saturated heterocycles. The Hall–Kier alpha value is -2.25. The molecule has 2 aromatic carbocycles. The van der Waals surface area contributed by atoms with E-state index in [-0.39, 0.29) is 5.69 Å². The molecule has 0 aliphatic carbocycles. The van der Waals surface area contributed by atoms with Gasteiger partial charge in [0, 0.05) is 27.7 Å². The average Bonchev–Trinajstić information content (AvgIpc) is 3.09.